The van der Waals surface area contributed by atoms with Crippen LogP contribution in [0.1, 0.15) is 53.4 Å². The Morgan fingerprint density at radius 2 is 1.75 bits per heavy atom. The van der Waals surface area contributed by atoms with Crippen LogP contribution in [0.15, 0.2) is 0 Å². The van der Waals surface area contributed by atoms with E-state index in [4.69, 9.17) is 0 Å². The molecule has 0 bridgehead atoms. The van der Waals surface area contributed by atoms with Crippen molar-refractivity contribution in [1.82, 2.24) is 9.80 Å². The Labute approximate surface area is 102 Å². The largest absolute Gasteiger partial charge is 0.303 e. The third-order valence-corrected chi connectivity index (χ3v) is 3.90. The summed E-state index contributed by atoms with van der Waals surface area (Å²) >= 11 is 0. The predicted octanol–water partition coefficient (Wildman–Crippen LogP) is 2.98. The highest BCUT2D eigenvalue weighted by Crippen LogP contribution is 2.22. The van der Waals surface area contributed by atoms with Gasteiger partial charge in [0.1, 0.15) is 0 Å². The molecule has 0 radical (unpaired) electrons. The number of piperidine rings is 1. The maximum Gasteiger partial charge on any atom is 0.0125 e. The molecule has 2 nitrogen and oxygen atoms in total. The first-order valence-electron chi connectivity index (χ1n) is 6.90. The van der Waals surface area contributed by atoms with Gasteiger partial charge in [-0.2, -0.15) is 0 Å². The maximum atomic E-state index is 2.62. The third-order valence-electron chi connectivity index (χ3n) is 3.90. The molecule has 0 unspecified atom stereocenters. The molecule has 16 heavy (non-hydrogen) atoms. The molecule has 0 atom stereocenters. The van der Waals surface area contributed by atoms with Crippen molar-refractivity contribution in [3.05, 3.63) is 0 Å². The van der Waals surface area contributed by atoms with Crippen LogP contribution < -0.4 is 0 Å². The molecule has 0 saturated carbocycles. The molecule has 2 heteroatoms. The van der Waals surface area contributed by atoms with Gasteiger partial charge in [-0.3, -0.25) is 4.90 Å². The third kappa shape index (κ3) is 4.06. The van der Waals surface area contributed by atoms with Crippen LogP contribution in [0.4, 0.5) is 0 Å². The van der Waals surface area contributed by atoms with E-state index in [1.54, 1.807) is 0 Å². The zero-order chi connectivity index (χ0) is 12.2. The second-order valence-corrected chi connectivity index (χ2v) is 6.22. The summed E-state index contributed by atoms with van der Waals surface area (Å²) in [4.78, 5) is 5.20. The van der Waals surface area contributed by atoms with Crippen molar-refractivity contribution in [3.63, 3.8) is 0 Å². The van der Waals surface area contributed by atoms with Crippen LogP contribution in [0.3, 0.4) is 0 Å². The van der Waals surface area contributed by atoms with E-state index >= 15 is 0 Å². The molecule has 0 N–H and O–H groups in total. The van der Waals surface area contributed by atoms with Crippen molar-refractivity contribution in [3.8, 4) is 0 Å². The van der Waals surface area contributed by atoms with Crippen LogP contribution in [0.25, 0.3) is 0 Å². The lowest BCUT2D eigenvalue weighted by Gasteiger charge is -2.43. The maximum absolute atomic E-state index is 2.62. The van der Waals surface area contributed by atoms with Crippen molar-refractivity contribution in [2.45, 2.75) is 65.0 Å². The number of likely N-dealkylation sites (tertiary alicyclic amines) is 1. The first-order chi connectivity index (χ1) is 7.45. The quantitative estimate of drug-likeness (QED) is 0.727. The number of hydrogen-bond donors (Lipinski definition) is 0. The normalized spacial score (nSPS) is 20.6. The van der Waals surface area contributed by atoms with E-state index in [9.17, 15) is 0 Å². The lowest BCUT2D eigenvalue weighted by Crippen LogP contribution is -2.50. The molecule has 0 aromatic rings. The molecular formula is C14H30N2. The van der Waals surface area contributed by atoms with Crippen molar-refractivity contribution >= 4 is 0 Å². The van der Waals surface area contributed by atoms with E-state index < -0.39 is 0 Å². The summed E-state index contributed by atoms with van der Waals surface area (Å²) in [5.41, 5.74) is 0.354. The topological polar surface area (TPSA) is 6.48 Å². The Morgan fingerprint density at radius 3 is 2.19 bits per heavy atom. The molecule has 1 saturated heterocycles. The number of rotatable bonds is 4. The fourth-order valence-corrected chi connectivity index (χ4v) is 2.57. The van der Waals surface area contributed by atoms with Gasteiger partial charge in [-0.05, 0) is 53.6 Å². The molecule has 0 amide bonds. The van der Waals surface area contributed by atoms with E-state index in [2.05, 4.69) is 44.5 Å². The zero-order valence-electron chi connectivity index (χ0n) is 11.9. The fourth-order valence-electron chi connectivity index (χ4n) is 2.57. The molecule has 1 aliphatic rings. The number of unbranched alkanes of at least 4 members (excludes halogenated alkanes) is 1. The predicted molar refractivity (Wildman–Crippen MR) is 71.9 cm³/mol. The molecule has 0 spiro atoms. The van der Waals surface area contributed by atoms with Crippen LogP contribution >= 0.6 is 0 Å². The average Bonchev–Trinajstić information content (AvgIpc) is 2.25. The van der Waals surface area contributed by atoms with Gasteiger partial charge in [0.05, 0.1) is 0 Å². The summed E-state index contributed by atoms with van der Waals surface area (Å²) in [6.07, 6.45) is 5.34. The van der Waals surface area contributed by atoms with Gasteiger partial charge in [0.25, 0.3) is 0 Å². The van der Waals surface area contributed by atoms with Gasteiger partial charge in [-0.25, -0.2) is 0 Å². The van der Waals surface area contributed by atoms with Gasteiger partial charge in [0.15, 0.2) is 0 Å². The molecule has 0 aliphatic carbocycles. The average molecular weight is 226 g/mol. The van der Waals surface area contributed by atoms with Crippen LogP contribution in [0.2, 0.25) is 0 Å². The molecule has 1 aliphatic heterocycles. The Morgan fingerprint density at radius 1 is 1.19 bits per heavy atom. The van der Waals surface area contributed by atoms with Crippen LogP contribution in [-0.4, -0.2) is 48.1 Å². The number of hydrogen-bond acceptors (Lipinski definition) is 2. The molecule has 1 fully saturated rings. The summed E-state index contributed by atoms with van der Waals surface area (Å²) in [5.74, 6) is 0. The van der Waals surface area contributed by atoms with Crippen LogP contribution in [0, 0.1) is 0 Å². The Kier molecular flexibility index (Phi) is 5.26. The first kappa shape index (κ1) is 14.0. The standard InChI is InChI=1S/C14H30N2/c1-6-7-10-15(5)13-8-11-16(12-9-13)14(2,3)4/h13H,6-12H2,1-5H3. The van der Waals surface area contributed by atoms with Crippen molar-refractivity contribution in [1.29, 1.82) is 0 Å². The molecule has 0 aromatic carbocycles. The highest BCUT2D eigenvalue weighted by molar-refractivity contribution is 4.84. The summed E-state index contributed by atoms with van der Waals surface area (Å²) in [6, 6.07) is 0.824. The summed E-state index contributed by atoms with van der Waals surface area (Å²) in [7, 11) is 2.30. The van der Waals surface area contributed by atoms with E-state index in [0.717, 1.165) is 6.04 Å². The minimum Gasteiger partial charge on any atom is -0.303 e. The fraction of sp³-hybridized carbons (Fsp3) is 1.00. The minimum absolute atomic E-state index is 0.354. The van der Waals surface area contributed by atoms with Gasteiger partial charge in [0, 0.05) is 24.7 Å². The second-order valence-electron chi connectivity index (χ2n) is 6.22. The van der Waals surface area contributed by atoms with Crippen molar-refractivity contribution in [2.24, 2.45) is 0 Å². The van der Waals surface area contributed by atoms with E-state index in [1.807, 2.05) is 0 Å². The van der Waals surface area contributed by atoms with Crippen molar-refractivity contribution < 1.29 is 0 Å². The van der Waals surface area contributed by atoms with Gasteiger partial charge >= 0.3 is 0 Å². The van der Waals surface area contributed by atoms with Crippen LogP contribution in [0.5, 0.6) is 0 Å². The van der Waals surface area contributed by atoms with Gasteiger partial charge in [-0.15, -0.1) is 0 Å². The molecular weight excluding hydrogens is 196 g/mol. The monoisotopic (exact) mass is 226 g/mol. The lowest BCUT2D eigenvalue weighted by atomic mass is 9.97. The van der Waals surface area contributed by atoms with Gasteiger partial charge < -0.3 is 4.90 Å². The van der Waals surface area contributed by atoms with Gasteiger partial charge in [-0.1, -0.05) is 13.3 Å². The Hall–Kier alpha value is -0.0800. The SMILES string of the molecule is CCCCN(C)C1CCN(C(C)(C)C)CC1. The Bertz CT molecular complexity index is 187. The smallest absolute Gasteiger partial charge is 0.0125 e. The van der Waals surface area contributed by atoms with Crippen LogP contribution in [-0.2, 0) is 0 Å². The molecule has 0 aromatic heterocycles. The van der Waals surface area contributed by atoms with Gasteiger partial charge in [0.2, 0.25) is 0 Å². The van der Waals surface area contributed by atoms with E-state index in [-0.39, 0.29) is 0 Å². The zero-order valence-corrected chi connectivity index (χ0v) is 11.9. The minimum atomic E-state index is 0.354. The summed E-state index contributed by atoms with van der Waals surface area (Å²) < 4.78 is 0. The van der Waals surface area contributed by atoms with E-state index in [1.165, 1.54) is 45.3 Å². The summed E-state index contributed by atoms with van der Waals surface area (Å²) in [6.45, 7) is 13.1. The van der Waals surface area contributed by atoms with E-state index in [0.29, 0.717) is 5.54 Å². The highest BCUT2D eigenvalue weighted by atomic mass is 15.2. The van der Waals surface area contributed by atoms with Crippen molar-refractivity contribution in [2.75, 3.05) is 26.7 Å². The Balaban J connectivity index is 2.31. The first-order valence-corrected chi connectivity index (χ1v) is 6.90. The molecule has 1 heterocycles. The highest BCUT2D eigenvalue weighted by Gasteiger charge is 2.28. The number of nitrogens with zero attached hydrogens (tertiary/aromatic N) is 2. The molecule has 1 rings (SSSR count). The lowest BCUT2D eigenvalue weighted by molar-refractivity contribution is 0.0651. The molecule has 96 valence electrons. The summed E-state index contributed by atoms with van der Waals surface area (Å²) in [5, 5.41) is 0. The second kappa shape index (κ2) is 6.02.